The Hall–Kier alpha value is -5.21. The number of hydrogen-bond donors (Lipinski definition) is 3. The van der Waals surface area contributed by atoms with Gasteiger partial charge in [-0.3, -0.25) is 19.4 Å². The summed E-state index contributed by atoms with van der Waals surface area (Å²) in [4.78, 5) is 48.4. The summed E-state index contributed by atoms with van der Waals surface area (Å²) in [5.74, 6) is -0.0374. The van der Waals surface area contributed by atoms with Gasteiger partial charge in [-0.1, -0.05) is 42.8 Å². The lowest BCUT2D eigenvalue weighted by molar-refractivity contribution is -0.126. The Labute approximate surface area is 389 Å². The van der Waals surface area contributed by atoms with Gasteiger partial charge < -0.3 is 30.3 Å². The number of nitrogens with one attached hydrogen (secondary N) is 3. The zero-order chi connectivity index (χ0) is 45.7. The first-order valence-corrected chi connectivity index (χ1v) is 24.7. The highest BCUT2D eigenvalue weighted by Gasteiger charge is 2.55. The Balaban J connectivity index is 0.953. The van der Waals surface area contributed by atoms with Gasteiger partial charge in [-0.05, 0) is 146 Å². The highest BCUT2D eigenvalue weighted by molar-refractivity contribution is 6.09. The van der Waals surface area contributed by atoms with E-state index in [0.717, 1.165) is 119 Å². The molecule has 10 rings (SSSR count). The number of benzene rings is 3. The fourth-order valence-electron chi connectivity index (χ4n) is 11.3. The standard InChI is InChI=1S/C53H67FN10O2/c1-34(2)57-51(65)42-29-46(44(54)25-36(42)5)59-50-49-47(56-33-63(49)35(3)4)30-45(58-50)39-13-14-43-48(26-39)64(41-27-40(28-41)62-19-7-6-8-20-62)52(66)53(43)15-21-60(22-16-53)31-37-9-11-38(12-10-37)32-61-23-17-55-18-24-61/h9-14,25-26,29-30,33-35,40-41,55H,6-8,15-24,27-28,31-32H2,1-5H3,(H,57,65)(H,58,59). The van der Waals surface area contributed by atoms with E-state index in [4.69, 9.17) is 9.97 Å². The molecule has 3 N–H and O–H groups in total. The predicted octanol–water partition coefficient (Wildman–Crippen LogP) is 8.31. The Morgan fingerprint density at radius 2 is 1.53 bits per heavy atom. The lowest BCUT2D eigenvalue weighted by atomic mass is 9.73. The normalized spacial score (nSPS) is 21.5. The number of fused-ring (bicyclic) bond motifs is 3. The lowest BCUT2D eigenvalue weighted by Crippen LogP contribution is -2.58. The third kappa shape index (κ3) is 8.64. The second-order valence-electron chi connectivity index (χ2n) is 20.4. The number of imidazole rings is 1. The summed E-state index contributed by atoms with van der Waals surface area (Å²) < 4.78 is 17.9. The van der Waals surface area contributed by atoms with Gasteiger partial charge in [0.1, 0.15) is 11.3 Å². The molecular formula is C53H67FN10O2. The fraction of sp³-hybridized carbons (Fsp3) is 0.509. The maximum Gasteiger partial charge on any atom is 0.251 e. The summed E-state index contributed by atoms with van der Waals surface area (Å²) in [5.41, 5.74) is 8.36. The van der Waals surface area contributed by atoms with Gasteiger partial charge in [-0.25, -0.2) is 14.4 Å². The molecule has 4 fully saturated rings. The van der Waals surface area contributed by atoms with Crippen molar-refractivity contribution in [3.63, 3.8) is 0 Å². The molecule has 0 atom stereocenters. The molecule has 66 heavy (non-hydrogen) atoms. The van der Waals surface area contributed by atoms with Crippen LogP contribution in [0.4, 0.5) is 21.6 Å². The summed E-state index contributed by atoms with van der Waals surface area (Å²) >= 11 is 0. The van der Waals surface area contributed by atoms with Gasteiger partial charge in [0, 0.05) is 80.3 Å². The monoisotopic (exact) mass is 895 g/mol. The third-order valence-electron chi connectivity index (χ3n) is 15.2. The second kappa shape index (κ2) is 18.5. The van der Waals surface area contributed by atoms with Crippen LogP contribution in [0.5, 0.6) is 0 Å². The minimum Gasteiger partial charge on any atom is -0.350 e. The molecule has 0 radical (unpaired) electrons. The number of amides is 2. The maximum absolute atomic E-state index is 15.8. The number of nitrogens with zero attached hydrogens (tertiary/aromatic N) is 7. The van der Waals surface area contributed by atoms with Crippen molar-refractivity contribution in [2.45, 2.75) is 122 Å². The highest BCUT2D eigenvalue weighted by atomic mass is 19.1. The molecule has 5 aromatic rings. The molecule has 4 aliphatic heterocycles. The van der Waals surface area contributed by atoms with Crippen LogP contribution < -0.4 is 20.9 Å². The van der Waals surface area contributed by atoms with Crippen LogP contribution in [0.3, 0.4) is 0 Å². The number of likely N-dealkylation sites (tertiary alicyclic amines) is 2. The molecular weight excluding hydrogens is 828 g/mol. The summed E-state index contributed by atoms with van der Waals surface area (Å²) in [6.07, 6.45) is 9.16. The lowest BCUT2D eigenvalue weighted by Gasteiger charge is -2.48. The molecule has 5 aliphatic rings. The number of carbonyl (C=O) groups is 2. The molecule has 12 nitrogen and oxygen atoms in total. The SMILES string of the molecule is Cc1cc(F)c(Nc2nc(-c3ccc4c(c3)N(C3CC(N5CCCCC5)C3)C(=O)C43CCN(Cc4ccc(CN5CCNCC5)cc4)CC3)cc3ncn(C(C)C)c23)cc1C(=O)NC(C)C. The number of aromatic nitrogens is 3. The van der Waals surface area contributed by atoms with Crippen molar-refractivity contribution in [2.75, 3.05) is 62.6 Å². The summed E-state index contributed by atoms with van der Waals surface area (Å²) in [5, 5.41) is 9.70. The largest absolute Gasteiger partial charge is 0.350 e. The second-order valence-corrected chi connectivity index (χ2v) is 20.4. The van der Waals surface area contributed by atoms with Gasteiger partial charge in [0.2, 0.25) is 5.91 Å². The van der Waals surface area contributed by atoms with Crippen LogP contribution in [0.25, 0.3) is 22.3 Å². The van der Waals surface area contributed by atoms with Crippen molar-refractivity contribution in [2.24, 2.45) is 0 Å². The summed E-state index contributed by atoms with van der Waals surface area (Å²) in [7, 11) is 0. The van der Waals surface area contributed by atoms with Crippen molar-refractivity contribution >= 4 is 40.0 Å². The van der Waals surface area contributed by atoms with Gasteiger partial charge in [-0.2, -0.15) is 0 Å². The Morgan fingerprint density at radius 1 is 0.848 bits per heavy atom. The van der Waals surface area contributed by atoms with E-state index in [1.165, 1.54) is 36.5 Å². The topological polar surface area (TPSA) is 114 Å². The van der Waals surface area contributed by atoms with E-state index in [9.17, 15) is 4.79 Å². The number of pyridine rings is 1. The van der Waals surface area contributed by atoms with E-state index in [1.54, 1.807) is 19.3 Å². The van der Waals surface area contributed by atoms with E-state index in [0.29, 0.717) is 28.7 Å². The van der Waals surface area contributed by atoms with Crippen molar-refractivity contribution in [3.05, 3.63) is 101 Å². The number of carbonyl (C=O) groups excluding carboxylic acids is 2. The first kappa shape index (κ1) is 44.6. The summed E-state index contributed by atoms with van der Waals surface area (Å²) in [6.45, 7) is 19.9. The van der Waals surface area contributed by atoms with Crippen molar-refractivity contribution < 1.29 is 14.0 Å². The van der Waals surface area contributed by atoms with E-state index < -0.39 is 11.2 Å². The Kier molecular flexibility index (Phi) is 12.5. The average molecular weight is 895 g/mol. The van der Waals surface area contributed by atoms with E-state index in [-0.39, 0.29) is 35.6 Å². The average Bonchev–Trinajstić information content (AvgIpc) is 3.83. The number of piperazine rings is 1. The summed E-state index contributed by atoms with van der Waals surface area (Å²) in [6, 6.07) is 21.3. The number of piperidine rings is 2. The van der Waals surface area contributed by atoms with Gasteiger partial charge in [0.25, 0.3) is 5.91 Å². The minimum atomic E-state index is -0.573. The molecule has 13 heteroatoms. The van der Waals surface area contributed by atoms with Crippen LogP contribution >= 0.6 is 0 Å². The molecule has 1 aliphatic carbocycles. The van der Waals surface area contributed by atoms with E-state index >= 15 is 9.18 Å². The Morgan fingerprint density at radius 3 is 2.20 bits per heavy atom. The first-order chi connectivity index (χ1) is 31.9. The number of hydrogen-bond acceptors (Lipinski definition) is 9. The molecule has 6 heterocycles. The number of anilines is 3. The van der Waals surface area contributed by atoms with E-state index in [2.05, 4.69) is 91.9 Å². The smallest absolute Gasteiger partial charge is 0.251 e. The maximum atomic E-state index is 15.8. The number of halogens is 1. The van der Waals surface area contributed by atoms with Gasteiger partial charge in [0.15, 0.2) is 5.82 Å². The molecule has 3 aromatic carbocycles. The van der Waals surface area contributed by atoms with E-state index in [1.807, 2.05) is 24.5 Å². The molecule has 2 amide bonds. The quantitative estimate of drug-likeness (QED) is 0.114. The molecule has 1 saturated carbocycles. The molecule has 0 bridgehead atoms. The molecule has 3 saturated heterocycles. The first-order valence-electron chi connectivity index (χ1n) is 24.7. The number of aryl methyl sites for hydroxylation is 1. The van der Waals surface area contributed by atoms with Crippen LogP contribution in [0.2, 0.25) is 0 Å². The van der Waals surface area contributed by atoms with Crippen LogP contribution in [0, 0.1) is 12.7 Å². The van der Waals surface area contributed by atoms with Crippen molar-refractivity contribution in [1.29, 1.82) is 0 Å². The number of rotatable bonds is 12. The predicted molar refractivity (Wildman–Crippen MR) is 261 cm³/mol. The molecule has 348 valence electrons. The van der Waals surface area contributed by atoms with Gasteiger partial charge in [0.05, 0.1) is 28.6 Å². The third-order valence-corrected chi connectivity index (χ3v) is 15.2. The molecule has 0 unspecified atom stereocenters. The van der Waals surface area contributed by atoms with Crippen molar-refractivity contribution in [3.8, 4) is 11.3 Å². The van der Waals surface area contributed by atoms with Crippen LogP contribution in [0.15, 0.2) is 67.0 Å². The molecule has 2 aromatic heterocycles. The van der Waals surface area contributed by atoms with Crippen LogP contribution in [0.1, 0.15) is 111 Å². The molecule has 1 spiro atoms. The minimum absolute atomic E-state index is 0.0600. The van der Waals surface area contributed by atoms with Crippen molar-refractivity contribution in [1.82, 2.24) is 39.9 Å². The fourth-order valence-corrected chi connectivity index (χ4v) is 11.3. The van der Waals surface area contributed by atoms with Crippen LogP contribution in [-0.2, 0) is 23.3 Å². The van der Waals surface area contributed by atoms with Crippen LogP contribution in [-0.4, -0.2) is 112 Å². The zero-order valence-corrected chi connectivity index (χ0v) is 39.5. The Bertz CT molecular complexity index is 2580. The van der Waals surface area contributed by atoms with Gasteiger partial charge >= 0.3 is 0 Å². The zero-order valence-electron chi connectivity index (χ0n) is 39.5. The highest BCUT2D eigenvalue weighted by Crippen LogP contribution is 2.52. The van der Waals surface area contributed by atoms with Gasteiger partial charge in [-0.15, -0.1) is 0 Å².